The van der Waals surface area contributed by atoms with Crippen LogP contribution in [0.15, 0.2) is 33.5 Å². The Bertz CT molecular complexity index is 938. The van der Waals surface area contributed by atoms with Gasteiger partial charge >= 0.3 is 5.63 Å². The van der Waals surface area contributed by atoms with Crippen LogP contribution in [0.1, 0.15) is 58.4 Å². The van der Waals surface area contributed by atoms with Gasteiger partial charge in [-0.25, -0.2) is 4.79 Å². The van der Waals surface area contributed by atoms with Crippen molar-refractivity contribution in [3.05, 3.63) is 40.2 Å². The third-order valence-electron chi connectivity index (χ3n) is 5.22. The summed E-state index contributed by atoms with van der Waals surface area (Å²) >= 11 is 0. The molecular formula is C23H33N3O4. The van der Waals surface area contributed by atoms with Gasteiger partial charge in [0.05, 0.1) is 0 Å². The number of hydrogen-bond acceptors (Lipinski definition) is 5. The Morgan fingerprint density at radius 1 is 1.20 bits per heavy atom. The molecule has 164 valence electrons. The third-order valence-corrected chi connectivity index (χ3v) is 5.22. The number of nitrogens with zero attached hydrogens (tertiary/aromatic N) is 1. The quantitative estimate of drug-likeness (QED) is 0.458. The number of amides is 2. The molecule has 0 bridgehead atoms. The summed E-state index contributed by atoms with van der Waals surface area (Å²) in [5.41, 5.74) is 7.08. The lowest BCUT2D eigenvalue weighted by Gasteiger charge is -2.33. The van der Waals surface area contributed by atoms with E-state index in [0.29, 0.717) is 24.2 Å². The first-order valence-corrected chi connectivity index (χ1v) is 10.6. The van der Waals surface area contributed by atoms with Gasteiger partial charge in [-0.2, -0.15) is 0 Å². The Kier molecular flexibility index (Phi) is 8.59. The van der Waals surface area contributed by atoms with Crippen LogP contribution < -0.4 is 21.6 Å². The normalized spacial score (nSPS) is 13.1. The second-order valence-electron chi connectivity index (χ2n) is 7.81. The van der Waals surface area contributed by atoms with Crippen LogP contribution in [0, 0.1) is 6.92 Å². The zero-order valence-corrected chi connectivity index (χ0v) is 18.4. The van der Waals surface area contributed by atoms with Crippen molar-refractivity contribution in [1.29, 1.82) is 0 Å². The Morgan fingerprint density at radius 2 is 1.93 bits per heavy atom. The number of hydrogen-bond donors (Lipinski definition) is 2. The molecule has 1 heterocycles. The fourth-order valence-electron chi connectivity index (χ4n) is 3.77. The number of anilines is 1. The summed E-state index contributed by atoms with van der Waals surface area (Å²) in [6.07, 6.45) is 3.76. The molecule has 2 rings (SSSR count). The fourth-order valence-corrected chi connectivity index (χ4v) is 3.77. The number of nitrogens with two attached hydrogens (primary N) is 1. The first-order valence-electron chi connectivity index (χ1n) is 10.6. The Balaban J connectivity index is 2.47. The zero-order valence-electron chi connectivity index (χ0n) is 18.4. The van der Waals surface area contributed by atoms with Crippen LogP contribution in [0.5, 0.6) is 0 Å². The number of fused-ring (bicyclic) bond motifs is 1. The van der Waals surface area contributed by atoms with E-state index >= 15 is 0 Å². The fraction of sp³-hybridized carbons (Fsp3) is 0.522. The molecule has 0 saturated carbocycles. The van der Waals surface area contributed by atoms with Crippen molar-refractivity contribution in [1.82, 2.24) is 5.32 Å². The maximum Gasteiger partial charge on any atom is 0.336 e. The molecule has 0 fully saturated rings. The average molecular weight is 416 g/mol. The maximum absolute atomic E-state index is 13.5. The number of carbonyl (C=O) groups excluding carboxylic acids is 2. The van der Waals surface area contributed by atoms with Crippen LogP contribution in [-0.4, -0.2) is 30.4 Å². The Hall–Kier alpha value is -2.67. The van der Waals surface area contributed by atoms with Crippen LogP contribution in [0.2, 0.25) is 0 Å². The summed E-state index contributed by atoms with van der Waals surface area (Å²) in [7, 11) is 0. The molecular weight excluding hydrogens is 382 g/mol. The highest BCUT2D eigenvalue weighted by Crippen LogP contribution is 2.27. The van der Waals surface area contributed by atoms with Crippen LogP contribution >= 0.6 is 0 Å². The molecule has 2 atom stereocenters. The van der Waals surface area contributed by atoms with E-state index in [2.05, 4.69) is 12.2 Å². The van der Waals surface area contributed by atoms with Gasteiger partial charge in [-0.05, 0) is 63.8 Å². The summed E-state index contributed by atoms with van der Waals surface area (Å²) in [6.45, 7) is 7.86. The SMILES string of the molecule is CCCC(C)N(C(=O)[C@H](CCCCN)NC(C)=O)c1ccc2c(C)cc(=O)oc2c1. The molecule has 0 aliphatic carbocycles. The van der Waals surface area contributed by atoms with Crippen molar-refractivity contribution in [2.75, 3.05) is 11.4 Å². The minimum absolute atomic E-state index is 0.0813. The molecule has 0 saturated heterocycles. The number of unbranched alkanes of at least 4 members (excludes halogenated alkanes) is 1. The first-order chi connectivity index (χ1) is 14.3. The summed E-state index contributed by atoms with van der Waals surface area (Å²) in [5, 5.41) is 3.63. The van der Waals surface area contributed by atoms with Gasteiger partial charge in [0.15, 0.2) is 0 Å². The van der Waals surface area contributed by atoms with E-state index in [1.165, 1.54) is 13.0 Å². The molecule has 0 radical (unpaired) electrons. The molecule has 2 aromatic rings. The standard InChI is InChI=1S/C23H33N3O4/c1-5-8-16(3)26(23(29)20(25-17(4)27)9-6-7-12-24)18-10-11-19-15(2)13-22(28)30-21(19)14-18/h10-11,13-14,16,20H,5-9,12,24H2,1-4H3,(H,25,27)/t16?,20-/m0/s1. The van der Waals surface area contributed by atoms with Crippen LogP contribution in [0.25, 0.3) is 11.0 Å². The van der Waals surface area contributed by atoms with E-state index in [1.807, 2.05) is 26.0 Å². The van der Waals surface area contributed by atoms with Gasteiger partial charge in [0, 0.05) is 36.2 Å². The van der Waals surface area contributed by atoms with Crippen LogP contribution in [0.3, 0.4) is 0 Å². The zero-order chi connectivity index (χ0) is 22.3. The highest BCUT2D eigenvalue weighted by Gasteiger charge is 2.29. The topological polar surface area (TPSA) is 106 Å². The van der Waals surface area contributed by atoms with Gasteiger partial charge < -0.3 is 20.4 Å². The van der Waals surface area contributed by atoms with Crippen molar-refractivity contribution in [3.8, 4) is 0 Å². The van der Waals surface area contributed by atoms with Crippen molar-refractivity contribution >= 4 is 28.5 Å². The second kappa shape index (κ2) is 10.9. The summed E-state index contributed by atoms with van der Waals surface area (Å²) in [5.74, 6) is -0.415. The first kappa shape index (κ1) is 23.6. The van der Waals surface area contributed by atoms with E-state index in [-0.39, 0.29) is 17.9 Å². The van der Waals surface area contributed by atoms with Gasteiger partial charge in [0.2, 0.25) is 11.8 Å². The average Bonchev–Trinajstić information content (AvgIpc) is 2.67. The number of aryl methyl sites for hydroxylation is 1. The second-order valence-corrected chi connectivity index (χ2v) is 7.81. The minimum atomic E-state index is -0.631. The third kappa shape index (κ3) is 5.92. The van der Waals surface area contributed by atoms with Gasteiger partial charge in [0.25, 0.3) is 0 Å². The molecule has 30 heavy (non-hydrogen) atoms. The Morgan fingerprint density at radius 3 is 2.57 bits per heavy atom. The van der Waals surface area contributed by atoms with Crippen LogP contribution in [0.4, 0.5) is 5.69 Å². The lowest BCUT2D eigenvalue weighted by Crippen LogP contribution is -2.51. The predicted octanol–water partition coefficient (Wildman–Crippen LogP) is 3.26. The molecule has 0 aliphatic heterocycles. The molecule has 2 amide bonds. The van der Waals surface area contributed by atoms with Gasteiger partial charge in [-0.3, -0.25) is 9.59 Å². The molecule has 0 aliphatic rings. The Labute approximate surface area is 177 Å². The molecule has 0 spiro atoms. The van der Waals surface area contributed by atoms with Crippen molar-refractivity contribution in [2.45, 2.75) is 71.9 Å². The monoisotopic (exact) mass is 415 g/mol. The molecule has 7 heteroatoms. The molecule has 1 aromatic carbocycles. The van der Waals surface area contributed by atoms with Crippen molar-refractivity contribution in [2.24, 2.45) is 5.73 Å². The van der Waals surface area contributed by atoms with E-state index < -0.39 is 11.7 Å². The van der Waals surface area contributed by atoms with Crippen molar-refractivity contribution in [3.63, 3.8) is 0 Å². The number of carbonyl (C=O) groups is 2. The van der Waals surface area contributed by atoms with E-state index in [0.717, 1.165) is 36.6 Å². The molecule has 1 aromatic heterocycles. The number of benzene rings is 1. The number of nitrogens with one attached hydrogen (secondary N) is 1. The largest absolute Gasteiger partial charge is 0.423 e. The molecule has 3 N–H and O–H groups in total. The van der Waals surface area contributed by atoms with Crippen LogP contribution in [-0.2, 0) is 9.59 Å². The van der Waals surface area contributed by atoms with E-state index in [9.17, 15) is 14.4 Å². The summed E-state index contributed by atoms with van der Waals surface area (Å²) in [4.78, 5) is 38.8. The van der Waals surface area contributed by atoms with E-state index in [1.54, 1.807) is 11.0 Å². The van der Waals surface area contributed by atoms with Gasteiger partial charge in [-0.1, -0.05) is 13.3 Å². The molecule has 7 nitrogen and oxygen atoms in total. The van der Waals surface area contributed by atoms with Gasteiger partial charge in [0.1, 0.15) is 11.6 Å². The minimum Gasteiger partial charge on any atom is -0.423 e. The highest BCUT2D eigenvalue weighted by molar-refractivity contribution is 6.00. The smallest absolute Gasteiger partial charge is 0.336 e. The maximum atomic E-state index is 13.5. The molecule has 1 unspecified atom stereocenters. The highest BCUT2D eigenvalue weighted by atomic mass is 16.4. The lowest BCUT2D eigenvalue weighted by atomic mass is 10.0. The lowest BCUT2D eigenvalue weighted by molar-refractivity contribution is -0.127. The summed E-state index contributed by atoms with van der Waals surface area (Å²) in [6, 6.07) is 6.21. The van der Waals surface area contributed by atoms with Crippen molar-refractivity contribution < 1.29 is 14.0 Å². The van der Waals surface area contributed by atoms with E-state index in [4.69, 9.17) is 10.2 Å². The number of rotatable bonds is 10. The summed E-state index contributed by atoms with van der Waals surface area (Å²) < 4.78 is 5.38. The van der Waals surface area contributed by atoms with Gasteiger partial charge in [-0.15, -0.1) is 0 Å². The predicted molar refractivity (Wildman–Crippen MR) is 120 cm³/mol.